The van der Waals surface area contributed by atoms with Gasteiger partial charge in [0, 0.05) is 27.8 Å². The van der Waals surface area contributed by atoms with E-state index in [0.717, 1.165) is 12.8 Å². The summed E-state index contributed by atoms with van der Waals surface area (Å²) in [5.41, 5.74) is 0.296. The Morgan fingerprint density at radius 3 is 2.25 bits per heavy atom. The van der Waals surface area contributed by atoms with Crippen molar-refractivity contribution >= 4 is 34.6 Å². The number of aromatic nitrogens is 2. The zero-order chi connectivity index (χ0) is 20.5. The van der Waals surface area contributed by atoms with Crippen molar-refractivity contribution in [2.45, 2.75) is 57.7 Å². The highest BCUT2D eigenvalue weighted by atomic mass is 35.5. The topological polar surface area (TPSA) is 105 Å². The predicted molar refractivity (Wildman–Crippen MR) is 111 cm³/mol. The fourth-order valence-corrected chi connectivity index (χ4v) is 4.16. The van der Waals surface area contributed by atoms with E-state index in [9.17, 15) is 10.1 Å². The van der Waals surface area contributed by atoms with Crippen LogP contribution in [-0.2, 0) is 0 Å². The summed E-state index contributed by atoms with van der Waals surface area (Å²) in [5, 5.41) is 22.3. The Hall–Kier alpha value is -2.45. The summed E-state index contributed by atoms with van der Waals surface area (Å²) in [4.78, 5) is 19.6. The first-order valence-electron chi connectivity index (χ1n) is 9.12. The Labute approximate surface area is 169 Å². The van der Waals surface area contributed by atoms with Gasteiger partial charge in [-0.3, -0.25) is 10.1 Å². The van der Waals surface area contributed by atoms with E-state index in [2.05, 4.69) is 53.6 Å². The highest BCUT2D eigenvalue weighted by Crippen LogP contribution is 2.35. The van der Waals surface area contributed by atoms with E-state index in [4.69, 9.17) is 11.6 Å². The Bertz CT molecular complexity index is 853. The van der Waals surface area contributed by atoms with Crippen molar-refractivity contribution in [1.29, 1.82) is 0 Å². The van der Waals surface area contributed by atoms with Crippen LogP contribution < -0.4 is 16.0 Å². The molecule has 8 nitrogen and oxygen atoms in total. The number of nitrogens with zero attached hydrogens (tertiary/aromatic N) is 3. The molecule has 0 bridgehead atoms. The van der Waals surface area contributed by atoms with E-state index in [1.807, 2.05) is 0 Å². The zero-order valence-corrected chi connectivity index (χ0v) is 17.2. The molecule has 150 valence electrons. The standard InChI is InChI=1S/C19H25ClN6O2/c1-18(2)9-14(10-19(3,4)25-18)24-17-15(26(27)28)16(21-11-22-17)23-13-7-5-12(20)6-8-13/h5-8,11,14,25H,9-10H2,1-4H3,(H2,21,22,23,24). The van der Waals surface area contributed by atoms with Gasteiger partial charge < -0.3 is 16.0 Å². The molecule has 3 N–H and O–H groups in total. The molecule has 0 saturated carbocycles. The number of piperidine rings is 1. The minimum Gasteiger partial charge on any atom is -0.361 e. The normalized spacial score (nSPS) is 18.5. The molecular weight excluding hydrogens is 380 g/mol. The summed E-state index contributed by atoms with van der Waals surface area (Å²) in [7, 11) is 0. The molecule has 9 heteroatoms. The van der Waals surface area contributed by atoms with Gasteiger partial charge in [0.1, 0.15) is 6.33 Å². The summed E-state index contributed by atoms with van der Waals surface area (Å²) in [6, 6.07) is 6.92. The molecule has 0 spiro atoms. The third-order valence-corrected chi connectivity index (χ3v) is 4.89. The van der Waals surface area contributed by atoms with Crippen molar-refractivity contribution in [2.75, 3.05) is 10.6 Å². The van der Waals surface area contributed by atoms with Crippen LogP contribution in [0.15, 0.2) is 30.6 Å². The minimum absolute atomic E-state index is 0.0447. The van der Waals surface area contributed by atoms with Crippen LogP contribution in [0, 0.1) is 10.1 Å². The highest BCUT2D eigenvalue weighted by molar-refractivity contribution is 6.30. The highest BCUT2D eigenvalue weighted by Gasteiger charge is 2.38. The number of hydrogen-bond acceptors (Lipinski definition) is 7. The van der Waals surface area contributed by atoms with Crippen molar-refractivity contribution < 1.29 is 4.92 Å². The molecule has 0 radical (unpaired) electrons. The first-order chi connectivity index (χ1) is 13.0. The average Bonchev–Trinajstić information content (AvgIpc) is 2.54. The third-order valence-electron chi connectivity index (χ3n) is 4.64. The van der Waals surface area contributed by atoms with E-state index >= 15 is 0 Å². The number of hydrogen-bond donors (Lipinski definition) is 3. The molecule has 28 heavy (non-hydrogen) atoms. The molecule has 0 amide bonds. The van der Waals surface area contributed by atoms with E-state index < -0.39 is 4.92 Å². The Morgan fingerprint density at radius 1 is 1.11 bits per heavy atom. The Morgan fingerprint density at radius 2 is 1.68 bits per heavy atom. The molecule has 2 heterocycles. The maximum absolute atomic E-state index is 11.8. The van der Waals surface area contributed by atoms with Crippen molar-refractivity contribution in [3.63, 3.8) is 0 Å². The molecule has 1 aliphatic rings. The molecule has 1 saturated heterocycles. The van der Waals surface area contributed by atoms with Crippen LogP contribution in [-0.4, -0.2) is 32.0 Å². The second-order valence-corrected chi connectivity index (χ2v) is 8.89. The van der Waals surface area contributed by atoms with Crippen molar-refractivity contribution in [3.05, 3.63) is 45.7 Å². The third kappa shape index (κ3) is 4.88. The van der Waals surface area contributed by atoms with Gasteiger partial charge in [0.25, 0.3) is 0 Å². The van der Waals surface area contributed by atoms with Crippen molar-refractivity contribution in [1.82, 2.24) is 15.3 Å². The first-order valence-corrected chi connectivity index (χ1v) is 9.50. The van der Waals surface area contributed by atoms with Crippen LogP contribution >= 0.6 is 11.6 Å². The second kappa shape index (κ2) is 7.52. The summed E-state index contributed by atoms with van der Waals surface area (Å²) < 4.78 is 0. The molecule has 1 aromatic heterocycles. The number of halogens is 1. The summed E-state index contributed by atoms with van der Waals surface area (Å²) in [6.07, 6.45) is 2.96. The Balaban J connectivity index is 1.89. The van der Waals surface area contributed by atoms with Gasteiger partial charge in [-0.2, -0.15) is 0 Å². The number of benzene rings is 1. The van der Waals surface area contributed by atoms with E-state index in [1.165, 1.54) is 6.33 Å². The fourth-order valence-electron chi connectivity index (χ4n) is 4.04. The van der Waals surface area contributed by atoms with Crippen LogP contribution in [0.5, 0.6) is 0 Å². The van der Waals surface area contributed by atoms with Crippen LogP contribution in [0.1, 0.15) is 40.5 Å². The van der Waals surface area contributed by atoms with Crippen LogP contribution in [0.3, 0.4) is 0 Å². The smallest absolute Gasteiger partial charge is 0.353 e. The van der Waals surface area contributed by atoms with Crippen LogP contribution in [0.4, 0.5) is 23.0 Å². The molecule has 2 aromatic rings. The van der Waals surface area contributed by atoms with Gasteiger partial charge in [0.05, 0.1) is 4.92 Å². The number of rotatable bonds is 5. The van der Waals surface area contributed by atoms with Gasteiger partial charge in [-0.25, -0.2) is 9.97 Å². The largest absolute Gasteiger partial charge is 0.361 e. The molecule has 1 aromatic carbocycles. The molecular formula is C19H25ClN6O2. The van der Waals surface area contributed by atoms with Gasteiger partial charge >= 0.3 is 5.69 Å². The van der Waals surface area contributed by atoms with Crippen molar-refractivity contribution in [2.24, 2.45) is 0 Å². The van der Waals surface area contributed by atoms with E-state index in [1.54, 1.807) is 24.3 Å². The number of nitro groups is 1. The molecule has 1 fully saturated rings. The molecule has 0 unspecified atom stereocenters. The summed E-state index contributed by atoms with van der Waals surface area (Å²) in [5.74, 6) is 0.354. The quantitative estimate of drug-likeness (QED) is 0.497. The fraction of sp³-hybridized carbons (Fsp3) is 0.474. The monoisotopic (exact) mass is 404 g/mol. The number of nitrogens with one attached hydrogen (secondary N) is 3. The SMILES string of the molecule is CC1(C)CC(Nc2ncnc(Nc3ccc(Cl)cc3)c2[N+](=O)[O-])CC(C)(C)N1. The maximum atomic E-state index is 11.8. The van der Waals surface area contributed by atoms with Gasteiger partial charge in [-0.15, -0.1) is 0 Å². The van der Waals surface area contributed by atoms with Crippen LogP contribution in [0.25, 0.3) is 0 Å². The minimum atomic E-state index is -0.460. The number of anilines is 3. The summed E-state index contributed by atoms with van der Waals surface area (Å²) >= 11 is 5.90. The van der Waals surface area contributed by atoms with Crippen LogP contribution in [0.2, 0.25) is 5.02 Å². The molecule has 0 atom stereocenters. The van der Waals surface area contributed by atoms with Crippen molar-refractivity contribution in [3.8, 4) is 0 Å². The zero-order valence-electron chi connectivity index (χ0n) is 16.4. The van der Waals surface area contributed by atoms with Gasteiger partial charge in [-0.1, -0.05) is 11.6 Å². The lowest BCUT2D eigenvalue weighted by atomic mass is 9.79. The predicted octanol–water partition coefficient (Wildman–Crippen LogP) is 4.50. The molecule has 0 aliphatic carbocycles. The lowest BCUT2D eigenvalue weighted by Crippen LogP contribution is -2.60. The first kappa shape index (κ1) is 20.3. The molecule has 3 rings (SSSR count). The summed E-state index contributed by atoms with van der Waals surface area (Å²) in [6.45, 7) is 8.52. The molecule has 1 aliphatic heterocycles. The van der Waals surface area contributed by atoms with E-state index in [0.29, 0.717) is 10.7 Å². The van der Waals surface area contributed by atoms with Gasteiger partial charge in [-0.05, 0) is 64.8 Å². The van der Waals surface area contributed by atoms with Gasteiger partial charge in [0.2, 0.25) is 11.6 Å². The maximum Gasteiger partial charge on any atom is 0.353 e. The Kier molecular flexibility index (Phi) is 5.45. The second-order valence-electron chi connectivity index (χ2n) is 8.45. The van der Waals surface area contributed by atoms with E-state index in [-0.39, 0.29) is 34.4 Å². The lowest BCUT2D eigenvalue weighted by molar-refractivity contribution is -0.383. The lowest BCUT2D eigenvalue weighted by Gasteiger charge is -2.46. The average molecular weight is 405 g/mol. The van der Waals surface area contributed by atoms with Gasteiger partial charge in [0.15, 0.2) is 0 Å².